The molecule has 0 saturated carbocycles. The lowest BCUT2D eigenvalue weighted by molar-refractivity contribution is -0.118. The summed E-state index contributed by atoms with van der Waals surface area (Å²) in [5.74, 6) is 0.947. The first-order valence-corrected chi connectivity index (χ1v) is 9.85. The Morgan fingerprint density at radius 1 is 1.03 bits per heavy atom. The summed E-state index contributed by atoms with van der Waals surface area (Å²) in [6.45, 7) is 8.10. The number of Topliss-reactive ketones (excluding diaryl/α,β-unsaturated/α-hetero) is 1. The maximum Gasteiger partial charge on any atom is 0.264 e. The van der Waals surface area contributed by atoms with Gasteiger partial charge in [-0.25, -0.2) is 0 Å². The van der Waals surface area contributed by atoms with Crippen LogP contribution in [0.25, 0.3) is 11.4 Å². The molecule has 2 aromatic carbocycles. The summed E-state index contributed by atoms with van der Waals surface area (Å²) in [5, 5.41) is 9.48. The van der Waals surface area contributed by atoms with Gasteiger partial charge in [0.2, 0.25) is 5.95 Å². The van der Waals surface area contributed by atoms with Gasteiger partial charge in [-0.15, -0.1) is 5.10 Å². The number of carbonyl (C=O) groups is 2. The topological polar surface area (TPSA) is 97.0 Å². The van der Waals surface area contributed by atoms with Gasteiger partial charge in [0.05, 0.1) is 0 Å². The molecule has 0 spiro atoms. The molecule has 1 heterocycles. The van der Waals surface area contributed by atoms with Gasteiger partial charge in [-0.2, -0.15) is 4.98 Å². The third-order valence-corrected chi connectivity index (χ3v) is 4.63. The van der Waals surface area contributed by atoms with E-state index < -0.39 is 0 Å². The molecule has 2 N–H and O–H groups in total. The largest absolute Gasteiger partial charge is 0.484 e. The number of rotatable bonds is 7. The molecule has 1 aromatic heterocycles. The second kappa shape index (κ2) is 8.90. The highest BCUT2D eigenvalue weighted by molar-refractivity contribution is 5.96. The normalized spacial score (nSPS) is 11.2. The number of aromatic nitrogens is 3. The zero-order chi connectivity index (χ0) is 21.7. The number of nitrogens with one attached hydrogen (secondary N) is 2. The average molecular weight is 406 g/mol. The van der Waals surface area contributed by atoms with Crippen LogP contribution in [0.4, 0.5) is 5.95 Å². The van der Waals surface area contributed by atoms with Crippen LogP contribution in [0.15, 0.2) is 48.5 Å². The maximum atomic E-state index is 12.1. The molecule has 1 amide bonds. The number of hydrogen-bond acceptors (Lipinski definition) is 5. The lowest BCUT2D eigenvalue weighted by Crippen LogP contribution is -2.20. The number of anilines is 1. The SMILES string of the molecule is CCC(=O)c1ccc(OCC(=O)Nc2n[nH]c(-c3ccc(C(C)(C)C)cc3)n2)cc1. The number of amides is 1. The molecule has 0 saturated heterocycles. The Kier molecular flexibility index (Phi) is 6.30. The van der Waals surface area contributed by atoms with Gasteiger partial charge in [0.15, 0.2) is 18.2 Å². The minimum absolute atomic E-state index is 0.0627. The molecular formula is C23H26N4O3. The van der Waals surface area contributed by atoms with Crippen LogP contribution in [-0.2, 0) is 10.2 Å². The van der Waals surface area contributed by atoms with Crippen LogP contribution in [0.1, 0.15) is 50.0 Å². The van der Waals surface area contributed by atoms with Crippen LogP contribution in [0.5, 0.6) is 5.75 Å². The predicted octanol–water partition coefficient (Wildman–Crippen LogP) is 4.38. The molecule has 0 aliphatic heterocycles. The van der Waals surface area contributed by atoms with Crippen molar-refractivity contribution in [2.24, 2.45) is 0 Å². The van der Waals surface area contributed by atoms with Crippen LogP contribution in [0, 0.1) is 0 Å². The molecule has 0 aliphatic carbocycles. The maximum absolute atomic E-state index is 12.1. The Balaban J connectivity index is 1.55. The quantitative estimate of drug-likeness (QED) is 0.568. The van der Waals surface area contributed by atoms with Crippen molar-refractivity contribution in [3.8, 4) is 17.1 Å². The summed E-state index contributed by atoms with van der Waals surface area (Å²) in [5.41, 5.74) is 2.81. The summed E-state index contributed by atoms with van der Waals surface area (Å²) in [6.07, 6.45) is 0.446. The standard InChI is InChI=1S/C23H26N4O3/c1-5-19(28)15-8-12-18(13-9-15)30-14-20(29)24-22-25-21(26-27-22)16-6-10-17(11-7-16)23(2,3)4/h6-13H,5,14H2,1-4H3,(H2,24,25,26,27,29). The van der Waals surface area contributed by atoms with Gasteiger partial charge < -0.3 is 4.74 Å². The predicted molar refractivity (Wildman–Crippen MR) is 116 cm³/mol. The van der Waals surface area contributed by atoms with E-state index in [1.165, 1.54) is 5.56 Å². The number of ether oxygens (including phenoxy) is 1. The van der Waals surface area contributed by atoms with Gasteiger partial charge in [-0.3, -0.25) is 20.0 Å². The Hall–Kier alpha value is -3.48. The van der Waals surface area contributed by atoms with Gasteiger partial charge in [0.25, 0.3) is 5.91 Å². The van der Waals surface area contributed by atoms with E-state index in [0.29, 0.717) is 23.6 Å². The third-order valence-electron chi connectivity index (χ3n) is 4.63. The zero-order valence-corrected chi connectivity index (χ0v) is 17.7. The number of H-pyrrole nitrogens is 1. The van der Waals surface area contributed by atoms with Crippen LogP contribution in [-0.4, -0.2) is 33.5 Å². The minimum atomic E-state index is -0.377. The molecule has 3 rings (SSSR count). The highest BCUT2D eigenvalue weighted by Gasteiger charge is 2.14. The number of carbonyl (C=O) groups excluding carboxylic acids is 2. The molecule has 0 radical (unpaired) electrons. The van der Waals surface area contributed by atoms with Crippen molar-refractivity contribution < 1.29 is 14.3 Å². The minimum Gasteiger partial charge on any atom is -0.484 e. The Labute approximate surface area is 175 Å². The number of nitrogens with zero attached hydrogens (tertiary/aromatic N) is 2. The van der Waals surface area contributed by atoms with Gasteiger partial charge in [0, 0.05) is 17.5 Å². The highest BCUT2D eigenvalue weighted by Crippen LogP contribution is 2.25. The van der Waals surface area contributed by atoms with Crippen molar-refractivity contribution in [3.05, 3.63) is 59.7 Å². The van der Waals surface area contributed by atoms with Crippen molar-refractivity contribution >= 4 is 17.6 Å². The van der Waals surface area contributed by atoms with Crippen molar-refractivity contribution in [2.75, 3.05) is 11.9 Å². The fraction of sp³-hybridized carbons (Fsp3) is 0.304. The van der Waals surface area contributed by atoms with E-state index in [0.717, 1.165) is 5.56 Å². The molecule has 0 aliphatic rings. The fourth-order valence-corrected chi connectivity index (χ4v) is 2.83. The monoisotopic (exact) mass is 406 g/mol. The van der Waals surface area contributed by atoms with E-state index >= 15 is 0 Å². The van der Waals surface area contributed by atoms with E-state index in [1.54, 1.807) is 24.3 Å². The molecule has 156 valence electrons. The molecule has 0 unspecified atom stereocenters. The van der Waals surface area contributed by atoms with Crippen molar-refractivity contribution in [3.63, 3.8) is 0 Å². The number of hydrogen-bond donors (Lipinski definition) is 2. The summed E-state index contributed by atoms with van der Waals surface area (Å²) >= 11 is 0. The summed E-state index contributed by atoms with van der Waals surface area (Å²) in [4.78, 5) is 28.1. The number of benzene rings is 2. The van der Waals surface area contributed by atoms with E-state index in [-0.39, 0.29) is 29.7 Å². The van der Waals surface area contributed by atoms with Gasteiger partial charge in [0.1, 0.15) is 5.75 Å². The van der Waals surface area contributed by atoms with Crippen LogP contribution < -0.4 is 10.1 Å². The molecular weight excluding hydrogens is 380 g/mol. The van der Waals surface area contributed by atoms with Crippen LogP contribution >= 0.6 is 0 Å². The van der Waals surface area contributed by atoms with Crippen LogP contribution in [0.2, 0.25) is 0 Å². The van der Waals surface area contributed by atoms with E-state index in [9.17, 15) is 9.59 Å². The number of aromatic amines is 1. The van der Waals surface area contributed by atoms with Crippen LogP contribution in [0.3, 0.4) is 0 Å². The first-order valence-electron chi connectivity index (χ1n) is 9.85. The molecule has 0 bridgehead atoms. The van der Waals surface area contributed by atoms with E-state index in [1.807, 2.05) is 19.1 Å². The van der Waals surface area contributed by atoms with Crippen molar-refractivity contribution in [1.82, 2.24) is 15.2 Å². The van der Waals surface area contributed by atoms with Crippen molar-refractivity contribution in [1.29, 1.82) is 0 Å². The second-order valence-electron chi connectivity index (χ2n) is 7.97. The van der Waals surface area contributed by atoms with Gasteiger partial charge in [-0.1, -0.05) is 52.0 Å². The second-order valence-corrected chi connectivity index (χ2v) is 7.97. The average Bonchev–Trinajstić information content (AvgIpc) is 3.20. The zero-order valence-electron chi connectivity index (χ0n) is 17.7. The summed E-state index contributed by atoms with van der Waals surface area (Å²) in [7, 11) is 0. The molecule has 7 heteroatoms. The lowest BCUT2D eigenvalue weighted by Gasteiger charge is -2.18. The molecule has 30 heavy (non-hydrogen) atoms. The summed E-state index contributed by atoms with van der Waals surface area (Å²) in [6, 6.07) is 14.8. The Bertz CT molecular complexity index is 1020. The third kappa shape index (κ3) is 5.31. The first kappa shape index (κ1) is 21.2. The van der Waals surface area contributed by atoms with Gasteiger partial charge in [-0.05, 0) is 35.2 Å². The molecule has 0 fully saturated rings. The fourth-order valence-electron chi connectivity index (χ4n) is 2.83. The molecule has 0 atom stereocenters. The Morgan fingerprint density at radius 2 is 1.70 bits per heavy atom. The smallest absolute Gasteiger partial charge is 0.264 e. The highest BCUT2D eigenvalue weighted by atomic mass is 16.5. The Morgan fingerprint density at radius 3 is 2.30 bits per heavy atom. The number of ketones is 1. The van der Waals surface area contributed by atoms with E-state index in [4.69, 9.17) is 4.74 Å². The van der Waals surface area contributed by atoms with Crippen molar-refractivity contribution in [2.45, 2.75) is 39.5 Å². The van der Waals surface area contributed by atoms with E-state index in [2.05, 4.69) is 53.4 Å². The lowest BCUT2D eigenvalue weighted by atomic mass is 9.87. The molecule has 7 nitrogen and oxygen atoms in total. The summed E-state index contributed by atoms with van der Waals surface area (Å²) < 4.78 is 5.46. The van der Waals surface area contributed by atoms with Gasteiger partial charge >= 0.3 is 0 Å². The molecule has 3 aromatic rings. The first-order chi connectivity index (χ1) is 14.3.